The second-order valence-electron chi connectivity index (χ2n) is 6.21. The van der Waals surface area contributed by atoms with Crippen molar-refractivity contribution in [3.8, 4) is 0 Å². The Kier molecular flexibility index (Phi) is 8.59. The van der Waals surface area contributed by atoms with Crippen molar-refractivity contribution in [2.24, 2.45) is 0 Å². The molecular formula is C17H26ClN5O3S. The van der Waals surface area contributed by atoms with E-state index in [4.69, 9.17) is 16.4 Å². The fourth-order valence-corrected chi connectivity index (χ4v) is 3.69. The first-order chi connectivity index (χ1) is 12.9. The van der Waals surface area contributed by atoms with Crippen LogP contribution in [-0.2, 0) is 14.4 Å². The molecule has 1 saturated heterocycles. The molecule has 1 aromatic heterocycles. The summed E-state index contributed by atoms with van der Waals surface area (Å²) >= 11 is 7.34. The summed E-state index contributed by atoms with van der Waals surface area (Å²) in [6.07, 6.45) is 1.43. The maximum atomic E-state index is 12.2. The highest BCUT2D eigenvalue weighted by Gasteiger charge is 2.28. The number of hydrogen-bond donors (Lipinski definition) is 1. The molecule has 27 heavy (non-hydrogen) atoms. The van der Waals surface area contributed by atoms with Crippen molar-refractivity contribution in [2.45, 2.75) is 44.8 Å². The highest BCUT2D eigenvalue weighted by Crippen LogP contribution is 2.24. The van der Waals surface area contributed by atoms with E-state index < -0.39 is 0 Å². The van der Waals surface area contributed by atoms with E-state index in [0.29, 0.717) is 48.8 Å². The molecule has 0 bridgehead atoms. The van der Waals surface area contributed by atoms with Gasteiger partial charge in [-0.1, -0.05) is 30.3 Å². The summed E-state index contributed by atoms with van der Waals surface area (Å²) in [5.41, 5.74) is 2.33. The van der Waals surface area contributed by atoms with E-state index in [-0.39, 0.29) is 23.6 Å². The number of carbonyl (C=O) groups is 2. The molecule has 8 nitrogen and oxygen atoms in total. The van der Waals surface area contributed by atoms with Gasteiger partial charge in [-0.05, 0) is 20.3 Å². The lowest BCUT2D eigenvalue weighted by Crippen LogP contribution is -2.54. The van der Waals surface area contributed by atoms with Crippen molar-refractivity contribution in [1.29, 1.82) is 0 Å². The maximum Gasteiger partial charge on any atom is 0.254 e. The van der Waals surface area contributed by atoms with Crippen LogP contribution in [0, 0.1) is 0 Å². The Morgan fingerprint density at radius 3 is 2.81 bits per heavy atom. The van der Waals surface area contributed by atoms with Gasteiger partial charge in [-0.15, -0.1) is 0 Å². The molecule has 0 aromatic carbocycles. The van der Waals surface area contributed by atoms with Gasteiger partial charge in [-0.2, -0.15) is 0 Å². The Morgan fingerprint density at radius 2 is 2.15 bits per heavy atom. The van der Waals surface area contributed by atoms with Crippen molar-refractivity contribution in [3.05, 3.63) is 11.2 Å². The van der Waals surface area contributed by atoms with E-state index in [0.717, 1.165) is 6.42 Å². The van der Waals surface area contributed by atoms with Gasteiger partial charge in [-0.25, -0.2) is 15.4 Å². The Labute approximate surface area is 168 Å². The van der Waals surface area contributed by atoms with Crippen molar-refractivity contribution in [3.63, 3.8) is 0 Å². The van der Waals surface area contributed by atoms with Crippen LogP contribution in [0.1, 0.15) is 33.6 Å². The number of hydrogen-bond acceptors (Lipinski definition) is 7. The Bertz CT molecular complexity index is 663. The van der Waals surface area contributed by atoms with E-state index in [1.54, 1.807) is 13.0 Å². The molecule has 1 fully saturated rings. The third-order valence-corrected chi connectivity index (χ3v) is 5.10. The smallest absolute Gasteiger partial charge is 0.254 e. The average molecular weight is 416 g/mol. The van der Waals surface area contributed by atoms with Crippen LogP contribution in [-0.4, -0.2) is 64.7 Å². The molecule has 0 aliphatic carbocycles. The van der Waals surface area contributed by atoms with Crippen LogP contribution in [0.3, 0.4) is 0 Å². The molecule has 1 aliphatic rings. The second kappa shape index (κ2) is 10.7. The topological polar surface area (TPSA) is 87.7 Å². The lowest BCUT2D eigenvalue weighted by Gasteiger charge is -2.40. The summed E-state index contributed by atoms with van der Waals surface area (Å²) in [5.74, 6) is 0.776. The first-order valence-corrected chi connectivity index (χ1v) is 10.4. The lowest BCUT2D eigenvalue weighted by molar-refractivity contribution is -0.133. The summed E-state index contributed by atoms with van der Waals surface area (Å²) in [6, 6.07) is 1.81. The number of anilines is 1. The molecule has 2 rings (SSSR count). The summed E-state index contributed by atoms with van der Waals surface area (Å²) in [6.45, 7) is 8.25. The largest absolute Gasteiger partial charge is 0.353 e. The predicted molar refractivity (Wildman–Crippen MR) is 106 cm³/mol. The van der Waals surface area contributed by atoms with Crippen LogP contribution in [0.5, 0.6) is 0 Å². The summed E-state index contributed by atoms with van der Waals surface area (Å²) in [7, 11) is 0. The molecule has 0 spiro atoms. The zero-order valence-electron chi connectivity index (χ0n) is 15.9. The van der Waals surface area contributed by atoms with E-state index in [2.05, 4.69) is 20.3 Å². The van der Waals surface area contributed by atoms with Crippen molar-refractivity contribution < 1.29 is 14.4 Å². The van der Waals surface area contributed by atoms with E-state index in [1.807, 2.05) is 18.7 Å². The zero-order valence-corrected chi connectivity index (χ0v) is 17.5. The molecule has 1 atom stereocenters. The maximum absolute atomic E-state index is 12.2. The summed E-state index contributed by atoms with van der Waals surface area (Å²) in [4.78, 5) is 41.4. The summed E-state index contributed by atoms with van der Waals surface area (Å²) < 4.78 is 0. The van der Waals surface area contributed by atoms with E-state index >= 15 is 0 Å². The fraction of sp³-hybridized carbons (Fsp3) is 0.647. The molecular weight excluding hydrogens is 390 g/mol. The van der Waals surface area contributed by atoms with Crippen LogP contribution in [0.2, 0.25) is 5.15 Å². The predicted octanol–water partition coefficient (Wildman–Crippen LogP) is 2.13. The molecule has 1 N–H and O–H groups in total. The van der Waals surface area contributed by atoms with Crippen molar-refractivity contribution in [2.75, 3.05) is 36.9 Å². The number of hydroxylamine groups is 1. The van der Waals surface area contributed by atoms with Gasteiger partial charge in [-0.3, -0.25) is 14.4 Å². The molecule has 2 heterocycles. The minimum Gasteiger partial charge on any atom is -0.353 e. The number of thioether (sulfide) groups is 1. The minimum atomic E-state index is -0.261. The van der Waals surface area contributed by atoms with Crippen LogP contribution < -0.4 is 10.4 Å². The average Bonchev–Trinajstić information content (AvgIpc) is 2.64. The Hall–Kier alpha value is -1.58. The van der Waals surface area contributed by atoms with Gasteiger partial charge >= 0.3 is 0 Å². The highest BCUT2D eigenvalue weighted by molar-refractivity contribution is 7.99. The Morgan fingerprint density at radius 1 is 1.37 bits per heavy atom. The third-order valence-electron chi connectivity index (χ3n) is 4.06. The van der Waals surface area contributed by atoms with E-state index in [9.17, 15) is 9.59 Å². The third kappa shape index (κ3) is 6.51. The van der Waals surface area contributed by atoms with Crippen LogP contribution in [0.25, 0.3) is 0 Å². The molecule has 150 valence electrons. The van der Waals surface area contributed by atoms with Gasteiger partial charge in [0.1, 0.15) is 11.0 Å². The molecule has 2 amide bonds. The molecule has 0 unspecified atom stereocenters. The summed E-state index contributed by atoms with van der Waals surface area (Å²) in [5, 5.41) is 0.756. The fourth-order valence-electron chi connectivity index (χ4n) is 2.82. The van der Waals surface area contributed by atoms with Gasteiger partial charge in [0.2, 0.25) is 5.91 Å². The Balaban J connectivity index is 1.99. The first kappa shape index (κ1) is 21.7. The molecule has 0 saturated carbocycles. The number of piperazine rings is 1. The number of carbonyl (C=O) groups excluding carboxylic acids is 2. The van der Waals surface area contributed by atoms with Crippen LogP contribution in [0.4, 0.5) is 5.82 Å². The van der Waals surface area contributed by atoms with Crippen molar-refractivity contribution >= 4 is 41.0 Å². The quantitative estimate of drug-likeness (QED) is 0.301. The zero-order chi connectivity index (χ0) is 19.8. The number of halogens is 1. The van der Waals surface area contributed by atoms with E-state index in [1.165, 1.54) is 11.8 Å². The van der Waals surface area contributed by atoms with Crippen molar-refractivity contribution in [1.82, 2.24) is 20.3 Å². The van der Waals surface area contributed by atoms with Crippen LogP contribution >= 0.6 is 23.4 Å². The molecule has 1 aliphatic heterocycles. The number of aromatic nitrogens is 2. The van der Waals surface area contributed by atoms with Crippen LogP contribution in [0.15, 0.2) is 11.2 Å². The number of rotatable bonds is 8. The standard InChI is InChI=1S/C17H26ClN5O3S/c1-4-6-16(25)23-8-7-22(10-12(23)3)14-9-13(18)19-17(20-14)27-11-15(24)21-26-5-2/h9,12H,4-8,10-11H2,1-3H3,(H,21,24)/t12-/m1/s1. The van der Waals surface area contributed by atoms with Gasteiger partial charge in [0.05, 0.1) is 12.4 Å². The van der Waals surface area contributed by atoms with Gasteiger partial charge in [0.25, 0.3) is 5.91 Å². The monoisotopic (exact) mass is 415 g/mol. The van der Waals surface area contributed by atoms with Gasteiger partial charge in [0.15, 0.2) is 5.16 Å². The highest BCUT2D eigenvalue weighted by atomic mass is 35.5. The molecule has 0 radical (unpaired) electrons. The van der Waals surface area contributed by atoms with Gasteiger partial charge in [0, 0.05) is 38.2 Å². The molecule has 10 heteroatoms. The number of amides is 2. The number of nitrogens with one attached hydrogen (secondary N) is 1. The first-order valence-electron chi connectivity index (χ1n) is 9.07. The normalized spacial score (nSPS) is 17.1. The number of nitrogens with zero attached hydrogens (tertiary/aromatic N) is 4. The minimum absolute atomic E-state index is 0.0969. The molecule has 1 aromatic rings. The second-order valence-corrected chi connectivity index (χ2v) is 7.54. The lowest BCUT2D eigenvalue weighted by atomic mass is 10.1. The van der Waals surface area contributed by atoms with Gasteiger partial charge < -0.3 is 9.80 Å². The SMILES string of the molecule is CCCC(=O)N1CCN(c2cc(Cl)nc(SCC(=O)NOCC)n2)C[C@H]1C.